The Bertz CT molecular complexity index is 298. The summed E-state index contributed by atoms with van der Waals surface area (Å²) in [5.74, 6) is 0.640. The molecule has 0 aromatic rings. The number of urea groups is 1. The van der Waals surface area contributed by atoms with Crippen LogP contribution in [0.15, 0.2) is 11.6 Å². The number of hydrogen-bond acceptors (Lipinski definition) is 1. The second-order valence-corrected chi connectivity index (χ2v) is 4.70. The zero-order valence-corrected chi connectivity index (χ0v) is 10.3. The molecular formula is C13H22N2O. The van der Waals surface area contributed by atoms with Crippen molar-refractivity contribution < 1.29 is 4.79 Å². The fourth-order valence-corrected chi connectivity index (χ4v) is 3.15. The summed E-state index contributed by atoms with van der Waals surface area (Å²) >= 11 is 0. The lowest BCUT2D eigenvalue weighted by Gasteiger charge is -2.32. The zero-order chi connectivity index (χ0) is 11.5. The summed E-state index contributed by atoms with van der Waals surface area (Å²) in [7, 11) is 0. The molecule has 1 aliphatic carbocycles. The molecule has 2 amide bonds. The molecule has 0 aromatic carbocycles. The van der Waals surface area contributed by atoms with Gasteiger partial charge in [-0.05, 0) is 32.6 Å². The fraction of sp³-hybridized carbons (Fsp3) is 0.769. The maximum atomic E-state index is 11.9. The summed E-state index contributed by atoms with van der Waals surface area (Å²) in [6.45, 7) is 5.86. The van der Waals surface area contributed by atoms with Gasteiger partial charge in [0.25, 0.3) is 0 Å². The lowest BCUT2D eigenvalue weighted by molar-refractivity contribution is 0.184. The molecule has 1 N–H and O–H groups in total. The zero-order valence-electron chi connectivity index (χ0n) is 10.3. The Morgan fingerprint density at radius 2 is 2.31 bits per heavy atom. The first-order valence-electron chi connectivity index (χ1n) is 6.51. The molecule has 90 valence electrons. The van der Waals surface area contributed by atoms with Crippen LogP contribution < -0.4 is 5.32 Å². The van der Waals surface area contributed by atoms with Crippen LogP contribution in [0.1, 0.15) is 39.5 Å². The standard InChI is InChI=1S/C13H22N2O/c1-3-10-6-5-7-12-11(10)8-9-15(12)13(16)14-4-2/h6,11-12H,3-5,7-9H2,1-2H3,(H,14,16). The third kappa shape index (κ3) is 1.95. The number of allylic oxidation sites excluding steroid dienone is 1. The largest absolute Gasteiger partial charge is 0.338 e. The smallest absolute Gasteiger partial charge is 0.317 e. The van der Waals surface area contributed by atoms with Crippen LogP contribution in [-0.2, 0) is 0 Å². The van der Waals surface area contributed by atoms with Crippen LogP contribution >= 0.6 is 0 Å². The molecular weight excluding hydrogens is 200 g/mol. The van der Waals surface area contributed by atoms with Crippen molar-refractivity contribution in [3.8, 4) is 0 Å². The molecule has 0 bridgehead atoms. The van der Waals surface area contributed by atoms with Crippen molar-refractivity contribution in [1.29, 1.82) is 0 Å². The molecule has 2 rings (SSSR count). The number of rotatable bonds is 2. The van der Waals surface area contributed by atoms with Gasteiger partial charge in [0, 0.05) is 25.0 Å². The topological polar surface area (TPSA) is 32.3 Å². The van der Waals surface area contributed by atoms with E-state index in [0.29, 0.717) is 12.0 Å². The van der Waals surface area contributed by atoms with Crippen LogP contribution in [0.2, 0.25) is 0 Å². The molecule has 3 nitrogen and oxygen atoms in total. The molecule has 0 saturated carbocycles. The minimum Gasteiger partial charge on any atom is -0.338 e. The maximum absolute atomic E-state index is 11.9. The van der Waals surface area contributed by atoms with Gasteiger partial charge in [0.05, 0.1) is 0 Å². The van der Waals surface area contributed by atoms with Gasteiger partial charge in [0.2, 0.25) is 0 Å². The molecule has 0 spiro atoms. The highest BCUT2D eigenvalue weighted by Gasteiger charge is 2.39. The van der Waals surface area contributed by atoms with E-state index in [0.717, 1.165) is 38.8 Å². The molecule has 16 heavy (non-hydrogen) atoms. The van der Waals surface area contributed by atoms with Gasteiger partial charge in [-0.15, -0.1) is 0 Å². The van der Waals surface area contributed by atoms with E-state index in [-0.39, 0.29) is 6.03 Å². The molecule has 1 heterocycles. The van der Waals surface area contributed by atoms with Crippen molar-refractivity contribution in [2.45, 2.75) is 45.6 Å². The van der Waals surface area contributed by atoms with Crippen molar-refractivity contribution in [2.24, 2.45) is 5.92 Å². The first kappa shape index (κ1) is 11.5. The van der Waals surface area contributed by atoms with E-state index < -0.39 is 0 Å². The highest BCUT2D eigenvalue weighted by Crippen LogP contribution is 2.38. The van der Waals surface area contributed by atoms with E-state index in [1.165, 1.54) is 0 Å². The number of carbonyl (C=O) groups is 1. The molecule has 0 aromatic heterocycles. The summed E-state index contributed by atoms with van der Waals surface area (Å²) in [5.41, 5.74) is 1.57. The lowest BCUT2D eigenvalue weighted by Crippen LogP contribution is -2.44. The summed E-state index contributed by atoms with van der Waals surface area (Å²) in [4.78, 5) is 13.9. The average molecular weight is 222 g/mol. The van der Waals surface area contributed by atoms with Gasteiger partial charge in [-0.2, -0.15) is 0 Å². The number of nitrogens with one attached hydrogen (secondary N) is 1. The molecule has 3 heteroatoms. The van der Waals surface area contributed by atoms with Crippen LogP contribution in [0.4, 0.5) is 4.79 Å². The second-order valence-electron chi connectivity index (χ2n) is 4.70. The SMILES string of the molecule is CCNC(=O)N1CCC2C(CC)=CCCC21. The molecule has 1 saturated heterocycles. The lowest BCUT2D eigenvalue weighted by atomic mass is 9.82. The summed E-state index contributed by atoms with van der Waals surface area (Å²) in [6, 6.07) is 0.596. The van der Waals surface area contributed by atoms with Crippen LogP contribution in [0.3, 0.4) is 0 Å². The molecule has 2 aliphatic rings. The Balaban J connectivity index is 2.06. The van der Waals surface area contributed by atoms with E-state index >= 15 is 0 Å². The van der Waals surface area contributed by atoms with E-state index in [1.807, 2.05) is 6.92 Å². The van der Waals surface area contributed by atoms with Gasteiger partial charge in [0.1, 0.15) is 0 Å². The number of likely N-dealkylation sites (tertiary alicyclic amines) is 1. The number of fused-ring (bicyclic) bond motifs is 1. The molecule has 1 aliphatic heterocycles. The van der Waals surface area contributed by atoms with Crippen molar-refractivity contribution in [2.75, 3.05) is 13.1 Å². The number of amides is 2. The highest BCUT2D eigenvalue weighted by atomic mass is 16.2. The van der Waals surface area contributed by atoms with Crippen LogP contribution in [0.25, 0.3) is 0 Å². The normalized spacial score (nSPS) is 28.6. The fourth-order valence-electron chi connectivity index (χ4n) is 3.15. The Hall–Kier alpha value is -0.990. The van der Waals surface area contributed by atoms with E-state index in [9.17, 15) is 4.79 Å². The molecule has 0 radical (unpaired) electrons. The molecule has 1 fully saturated rings. The Labute approximate surface area is 97.9 Å². The number of hydrogen-bond donors (Lipinski definition) is 1. The number of nitrogens with zero attached hydrogens (tertiary/aromatic N) is 1. The quantitative estimate of drug-likeness (QED) is 0.715. The van der Waals surface area contributed by atoms with E-state index in [2.05, 4.69) is 23.2 Å². The minimum absolute atomic E-state index is 0.132. The van der Waals surface area contributed by atoms with Gasteiger partial charge in [-0.25, -0.2) is 4.79 Å². The van der Waals surface area contributed by atoms with Gasteiger partial charge in [0.15, 0.2) is 0 Å². The Morgan fingerprint density at radius 1 is 1.50 bits per heavy atom. The van der Waals surface area contributed by atoms with Crippen LogP contribution in [0.5, 0.6) is 0 Å². The minimum atomic E-state index is 0.132. The summed E-state index contributed by atoms with van der Waals surface area (Å²) in [5, 5.41) is 2.92. The van der Waals surface area contributed by atoms with Crippen molar-refractivity contribution >= 4 is 6.03 Å². The van der Waals surface area contributed by atoms with Gasteiger partial charge in [-0.3, -0.25) is 0 Å². The highest BCUT2D eigenvalue weighted by molar-refractivity contribution is 5.75. The monoisotopic (exact) mass is 222 g/mol. The second kappa shape index (κ2) is 4.89. The summed E-state index contributed by atoms with van der Waals surface area (Å²) < 4.78 is 0. The Morgan fingerprint density at radius 3 is 3.00 bits per heavy atom. The summed E-state index contributed by atoms with van der Waals surface area (Å²) in [6.07, 6.45) is 6.97. The van der Waals surface area contributed by atoms with Crippen LogP contribution in [0, 0.1) is 5.92 Å². The van der Waals surface area contributed by atoms with Crippen LogP contribution in [-0.4, -0.2) is 30.1 Å². The molecule has 2 atom stereocenters. The van der Waals surface area contributed by atoms with Crippen molar-refractivity contribution in [3.63, 3.8) is 0 Å². The first-order chi connectivity index (χ1) is 7.77. The third-order valence-electron chi connectivity index (χ3n) is 3.89. The average Bonchev–Trinajstić information content (AvgIpc) is 2.72. The first-order valence-corrected chi connectivity index (χ1v) is 6.51. The third-order valence-corrected chi connectivity index (χ3v) is 3.89. The predicted octanol–water partition coefficient (Wildman–Crippen LogP) is 2.54. The predicted molar refractivity (Wildman–Crippen MR) is 65.3 cm³/mol. The van der Waals surface area contributed by atoms with E-state index in [4.69, 9.17) is 0 Å². The maximum Gasteiger partial charge on any atom is 0.317 e. The van der Waals surface area contributed by atoms with Crippen molar-refractivity contribution in [3.05, 3.63) is 11.6 Å². The van der Waals surface area contributed by atoms with Crippen molar-refractivity contribution in [1.82, 2.24) is 10.2 Å². The van der Waals surface area contributed by atoms with Gasteiger partial charge < -0.3 is 10.2 Å². The molecule has 2 unspecified atom stereocenters. The van der Waals surface area contributed by atoms with Gasteiger partial charge >= 0.3 is 6.03 Å². The van der Waals surface area contributed by atoms with Gasteiger partial charge in [-0.1, -0.05) is 18.6 Å². The Kier molecular flexibility index (Phi) is 3.52. The van der Waals surface area contributed by atoms with E-state index in [1.54, 1.807) is 5.57 Å². The number of carbonyl (C=O) groups excluding carboxylic acids is 1.